The lowest BCUT2D eigenvalue weighted by Crippen LogP contribution is -2.53. The third-order valence-corrected chi connectivity index (χ3v) is 5.73. The van der Waals surface area contributed by atoms with E-state index in [4.69, 9.17) is 0 Å². The SMILES string of the molecule is CC#Cc1sc2c(NC3CCN(C)CC3(F)F)cccc2c1CC. The van der Waals surface area contributed by atoms with E-state index in [-0.39, 0.29) is 6.54 Å². The van der Waals surface area contributed by atoms with E-state index in [0.29, 0.717) is 13.0 Å². The van der Waals surface area contributed by atoms with Crippen molar-refractivity contribution in [1.82, 2.24) is 4.90 Å². The number of aryl methyl sites for hydroxylation is 1. The first kappa shape index (κ1) is 17.2. The van der Waals surface area contributed by atoms with Gasteiger partial charge in [0.25, 0.3) is 5.92 Å². The Hall–Kier alpha value is -1.64. The lowest BCUT2D eigenvalue weighted by molar-refractivity contribution is -0.0672. The Bertz CT molecular complexity index is 801. The van der Waals surface area contributed by atoms with Gasteiger partial charge in [-0.3, -0.25) is 0 Å². The number of nitrogens with zero attached hydrogens (tertiary/aromatic N) is 1. The second-order valence-electron chi connectivity index (χ2n) is 6.30. The number of fused-ring (bicyclic) bond motifs is 1. The van der Waals surface area contributed by atoms with Crippen molar-refractivity contribution in [3.05, 3.63) is 28.6 Å². The summed E-state index contributed by atoms with van der Waals surface area (Å²) in [5, 5.41) is 4.25. The van der Waals surface area contributed by atoms with Crippen LogP contribution in [0.5, 0.6) is 0 Å². The monoisotopic (exact) mass is 348 g/mol. The van der Waals surface area contributed by atoms with Crippen LogP contribution in [0, 0.1) is 11.8 Å². The molecule has 0 radical (unpaired) electrons. The molecule has 2 heterocycles. The van der Waals surface area contributed by atoms with Crippen molar-refractivity contribution in [1.29, 1.82) is 0 Å². The standard InChI is InChI=1S/C19H22F2N2S/c1-4-7-16-13(5-2)14-8-6-9-15(18(14)24-16)22-17-10-11-23(3)12-19(17,20)21/h6,8-9,17,22H,5,10-12H2,1-3H3. The molecule has 24 heavy (non-hydrogen) atoms. The predicted molar refractivity (Wildman–Crippen MR) is 98.2 cm³/mol. The van der Waals surface area contributed by atoms with Gasteiger partial charge in [0.1, 0.15) is 0 Å². The molecule has 1 saturated heterocycles. The minimum absolute atomic E-state index is 0.197. The second-order valence-corrected chi connectivity index (χ2v) is 7.33. The van der Waals surface area contributed by atoms with Gasteiger partial charge in [-0.2, -0.15) is 0 Å². The average molecular weight is 348 g/mol. The Morgan fingerprint density at radius 2 is 2.21 bits per heavy atom. The summed E-state index contributed by atoms with van der Waals surface area (Å²) in [6.07, 6.45) is 1.32. The number of hydrogen-bond acceptors (Lipinski definition) is 3. The van der Waals surface area contributed by atoms with E-state index in [1.54, 1.807) is 23.3 Å². The lowest BCUT2D eigenvalue weighted by Gasteiger charge is -2.37. The molecule has 5 heteroatoms. The molecule has 1 atom stereocenters. The summed E-state index contributed by atoms with van der Waals surface area (Å²) < 4.78 is 29.7. The minimum Gasteiger partial charge on any atom is -0.375 e. The maximum atomic E-state index is 14.4. The highest BCUT2D eigenvalue weighted by molar-refractivity contribution is 7.20. The van der Waals surface area contributed by atoms with Gasteiger partial charge in [-0.25, -0.2) is 8.78 Å². The van der Waals surface area contributed by atoms with Crippen LogP contribution < -0.4 is 5.32 Å². The zero-order valence-electron chi connectivity index (χ0n) is 14.2. The van der Waals surface area contributed by atoms with Gasteiger partial charge in [-0.15, -0.1) is 17.3 Å². The summed E-state index contributed by atoms with van der Waals surface area (Å²) in [6.45, 7) is 4.41. The van der Waals surface area contributed by atoms with Crippen molar-refractivity contribution >= 4 is 27.1 Å². The highest BCUT2D eigenvalue weighted by atomic mass is 32.1. The summed E-state index contributed by atoms with van der Waals surface area (Å²) in [5.74, 6) is 3.38. The number of likely N-dealkylation sites (tertiary alicyclic amines) is 1. The summed E-state index contributed by atoms with van der Waals surface area (Å²) in [4.78, 5) is 2.73. The van der Waals surface area contributed by atoms with Crippen LogP contribution in [0.1, 0.15) is 30.7 Å². The topological polar surface area (TPSA) is 15.3 Å². The highest BCUT2D eigenvalue weighted by Gasteiger charge is 2.43. The smallest absolute Gasteiger partial charge is 0.280 e. The van der Waals surface area contributed by atoms with Crippen molar-refractivity contribution in [3.8, 4) is 11.8 Å². The molecular weight excluding hydrogens is 326 g/mol. The number of thiophene rings is 1. The Kier molecular flexibility index (Phi) is 4.80. The summed E-state index contributed by atoms with van der Waals surface area (Å²) >= 11 is 1.60. The largest absolute Gasteiger partial charge is 0.375 e. The maximum Gasteiger partial charge on any atom is 0.280 e. The molecule has 128 valence electrons. The van der Waals surface area contributed by atoms with Crippen LogP contribution in [0.4, 0.5) is 14.5 Å². The van der Waals surface area contributed by atoms with Crippen molar-refractivity contribution in [2.24, 2.45) is 0 Å². The van der Waals surface area contributed by atoms with Gasteiger partial charge in [0.2, 0.25) is 0 Å². The first-order valence-electron chi connectivity index (χ1n) is 8.26. The fourth-order valence-corrected chi connectivity index (χ4v) is 4.60. The first-order chi connectivity index (χ1) is 11.5. The molecule has 2 aromatic rings. The third-order valence-electron chi connectivity index (χ3n) is 4.53. The van der Waals surface area contributed by atoms with Gasteiger partial charge < -0.3 is 10.2 Å². The van der Waals surface area contributed by atoms with E-state index >= 15 is 0 Å². The highest BCUT2D eigenvalue weighted by Crippen LogP contribution is 2.38. The van der Waals surface area contributed by atoms with Gasteiger partial charge in [0, 0.05) is 6.54 Å². The van der Waals surface area contributed by atoms with Crippen LogP contribution in [0.15, 0.2) is 18.2 Å². The average Bonchev–Trinajstić information content (AvgIpc) is 2.88. The Labute approximate surface area is 145 Å². The van der Waals surface area contributed by atoms with Crippen LogP contribution in [-0.4, -0.2) is 37.0 Å². The number of benzene rings is 1. The molecular formula is C19H22F2N2S. The van der Waals surface area contributed by atoms with Crippen molar-refractivity contribution < 1.29 is 8.78 Å². The molecule has 0 spiro atoms. The van der Waals surface area contributed by atoms with Crippen LogP contribution in [0.3, 0.4) is 0 Å². The fourth-order valence-electron chi connectivity index (χ4n) is 3.32. The molecule has 1 aromatic heterocycles. The maximum absolute atomic E-state index is 14.4. The fraction of sp³-hybridized carbons (Fsp3) is 0.474. The van der Waals surface area contributed by atoms with E-state index in [2.05, 4.69) is 30.1 Å². The minimum atomic E-state index is -2.73. The third kappa shape index (κ3) is 3.13. The van der Waals surface area contributed by atoms with Gasteiger partial charge in [-0.1, -0.05) is 25.0 Å². The van der Waals surface area contributed by atoms with Crippen LogP contribution in [-0.2, 0) is 6.42 Å². The number of nitrogens with one attached hydrogen (secondary N) is 1. The molecule has 1 fully saturated rings. The van der Waals surface area contributed by atoms with Crippen molar-refractivity contribution in [2.45, 2.75) is 38.7 Å². The summed E-state index contributed by atoms with van der Waals surface area (Å²) in [6, 6.07) is 5.07. The lowest BCUT2D eigenvalue weighted by atomic mass is 10.0. The molecule has 3 rings (SSSR count). The zero-order valence-corrected chi connectivity index (χ0v) is 15.1. The summed E-state index contributed by atoms with van der Waals surface area (Å²) in [7, 11) is 1.74. The van der Waals surface area contributed by atoms with E-state index in [0.717, 1.165) is 27.1 Å². The number of hydrogen-bond donors (Lipinski definition) is 1. The molecule has 1 aromatic carbocycles. The van der Waals surface area contributed by atoms with Gasteiger partial charge in [-0.05, 0) is 43.8 Å². The number of piperidine rings is 1. The number of alkyl halides is 2. The molecule has 0 amide bonds. The van der Waals surface area contributed by atoms with E-state index in [1.165, 1.54) is 5.56 Å². The Morgan fingerprint density at radius 1 is 1.42 bits per heavy atom. The molecule has 1 aliphatic rings. The van der Waals surface area contributed by atoms with E-state index in [1.807, 2.05) is 19.1 Å². The number of anilines is 1. The second kappa shape index (κ2) is 6.70. The first-order valence-corrected chi connectivity index (χ1v) is 9.08. The van der Waals surface area contributed by atoms with E-state index in [9.17, 15) is 8.78 Å². The molecule has 1 unspecified atom stereocenters. The zero-order chi connectivity index (χ0) is 17.3. The van der Waals surface area contributed by atoms with Crippen LogP contribution >= 0.6 is 11.3 Å². The predicted octanol–water partition coefficient (Wildman–Crippen LogP) is 4.59. The molecule has 2 nitrogen and oxygen atoms in total. The van der Waals surface area contributed by atoms with Crippen LogP contribution in [0.25, 0.3) is 10.1 Å². The normalized spacial score (nSPS) is 20.6. The van der Waals surface area contributed by atoms with Crippen molar-refractivity contribution in [3.63, 3.8) is 0 Å². The number of rotatable bonds is 3. The molecule has 0 aliphatic carbocycles. The van der Waals surface area contributed by atoms with Crippen LogP contribution in [0.2, 0.25) is 0 Å². The molecule has 1 aliphatic heterocycles. The Morgan fingerprint density at radius 3 is 2.88 bits per heavy atom. The summed E-state index contributed by atoms with van der Waals surface area (Å²) in [5.41, 5.74) is 2.01. The van der Waals surface area contributed by atoms with Crippen molar-refractivity contribution in [2.75, 3.05) is 25.5 Å². The number of halogens is 2. The van der Waals surface area contributed by atoms with Gasteiger partial charge in [0.15, 0.2) is 0 Å². The Balaban J connectivity index is 1.99. The van der Waals surface area contributed by atoms with Gasteiger partial charge in [0.05, 0.1) is 27.9 Å². The quantitative estimate of drug-likeness (QED) is 0.817. The van der Waals surface area contributed by atoms with E-state index < -0.39 is 12.0 Å². The van der Waals surface area contributed by atoms with Gasteiger partial charge >= 0.3 is 0 Å². The molecule has 0 bridgehead atoms. The molecule has 1 N–H and O–H groups in total. The molecule has 0 saturated carbocycles.